The average molecular weight is 275 g/mol. The van der Waals surface area contributed by atoms with E-state index in [0.717, 1.165) is 24.1 Å². The van der Waals surface area contributed by atoms with Crippen molar-refractivity contribution in [1.82, 2.24) is 14.8 Å². The summed E-state index contributed by atoms with van der Waals surface area (Å²) in [7, 11) is 0. The summed E-state index contributed by atoms with van der Waals surface area (Å²) in [4.78, 5) is 9.71. The van der Waals surface area contributed by atoms with Gasteiger partial charge in [-0.05, 0) is 44.5 Å². The van der Waals surface area contributed by atoms with Crippen LogP contribution in [0, 0.1) is 0 Å². The van der Waals surface area contributed by atoms with E-state index < -0.39 is 0 Å². The number of aromatic nitrogens is 1. The number of likely N-dealkylation sites (tertiary alicyclic amines) is 2. The van der Waals surface area contributed by atoms with Crippen LogP contribution >= 0.6 is 0 Å². The minimum atomic E-state index is 0.745. The lowest BCUT2D eigenvalue weighted by Crippen LogP contribution is -2.40. The zero-order valence-electron chi connectivity index (χ0n) is 12.1. The van der Waals surface area contributed by atoms with E-state index in [1.807, 2.05) is 12.1 Å². The molecule has 2 saturated heterocycles. The van der Waals surface area contributed by atoms with Crippen molar-refractivity contribution in [2.24, 2.45) is 5.84 Å². The second-order valence-corrected chi connectivity index (χ2v) is 5.93. The van der Waals surface area contributed by atoms with Crippen LogP contribution in [0.25, 0.3) is 0 Å². The molecule has 0 saturated carbocycles. The molecule has 1 unspecified atom stereocenters. The van der Waals surface area contributed by atoms with E-state index >= 15 is 0 Å². The normalized spacial score (nSPS) is 24.9. The molecular weight excluding hydrogens is 250 g/mol. The Hall–Kier alpha value is -1.17. The number of rotatable bonds is 4. The van der Waals surface area contributed by atoms with E-state index in [1.54, 1.807) is 0 Å². The highest BCUT2D eigenvalue weighted by Crippen LogP contribution is 2.21. The third kappa shape index (κ3) is 3.29. The molecule has 2 fully saturated rings. The largest absolute Gasteiger partial charge is 0.308 e. The average Bonchev–Trinajstić information content (AvgIpc) is 2.97. The van der Waals surface area contributed by atoms with Crippen molar-refractivity contribution in [2.45, 2.75) is 38.3 Å². The topological polar surface area (TPSA) is 57.4 Å². The summed E-state index contributed by atoms with van der Waals surface area (Å²) < 4.78 is 0. The molecule has 110 valence electrons. The standard InChI is InChI=1S/C15H25N5/c16-18-15-6-4-5-13(17-15)11-19-10-7-14(12-19)20-8-2-1-3-9-20/h4-6,14H,1-3,7-12,16H2,(H,17,18). The highest BCUT2D eigenvalue weighted by molar-refractivity contribution is 5.33. The molecular formula is C15H25N5. The monoisotopic (exact) mass is 275 g/mol. The molecule has 2 aliphatic heterocycles. The molecule has 0 radical (unpaired) electrons. The minimum Gasteiger partial charge on any atom is -0.308 e. The van der Waals surface area contributed by atoms with Gasteiger partial charge in [0.2, 0.25) is 0 Å². The lowest BCUT2D eigenvalue weighted by molar-refractivity contribution is 0.161. The quantitative estimate of drug-likeness (QED) is 0.643. The molecule has 5 nitrogen and oxygen atoms in total. The van der Waals surface area contributed by atoms with Gasteiger partial charge in [-0.2, -0.15) is 0 Å². The molecule has 0 bridgehead atoms. The van der Waals surface area contributed by atoms with Crippen molar-refractivity contribution < 1.29 is 0 Å². The molecule has 0 amide bonds. The number of nitrogens with two attached hydrogens (primary N) is 1. The van der Waals surface area contributed by atoms with Gasteiger partial charge in [0.05, 0.1) is 5.69 Å². The second kappa shape index (κ2) is 6.52. The summed E-state index contributed by atoms with van der Waals surface area (Å²) in [5.74, 6) is 6.16. The number of piperidine rings is 1. The van der Waals surface area contributed by atoms with Crippen molar-refractivity contribution in [1.29, 1.82) is 0 Å². The summed E-state index contributed by atoms with van der Waals surface area (Å²) in [6.45, 7) is 5.89. The summed E-state index contributed by atoms with van der Waals surface area (Å²) in [5.41, 5.74) is 3.71. The fourth-order valence-corrected chi connectivity index (χ4v) is 3.41. The van der Waals surface area contributed by atoms with Gasteiger partial charge in [-0.3, -0.25) is 9.80 Å². The molecule has 1 aromatic rings. The Balaban J connectivity index is 1.54. The Morgan fingerprint density at radius 1 is 1.20 bits per heavy atom. The van der Waals surface area contributed by atoms with E-state index in [-0.39, 0.29) is 0 Å². The molecule has 5 heteroatoms. The molecule has 20 heavy (non-hydrogen) atoms. The third-order valence-electron chi connectivity index (χ3n) is 4.49. The molecule has 0 spiro atoms. The second-order valence-electron chi connectivity index (χ2n) is 5.93. The first-order valence-corrected chi connectivity index (χ1v) is 7.74. The number of nitrogen functional groups attached to an aromatic ring is 1. The highest BCUT2D eigenvalue weighted by Gasteiger charge is 2.28. The Labute approximate surface area is 121 Å². The van der Waals surface area contributed by atoms with Crippen LogP contribution in [0.15, 0.2) is 18.2 Å². The first kappa shape index (κ1) is 13.8. The maximum absolute atomic E-state index is 5.41. The number of pyridine rings is 1. The molecule has 0 aromatic carbocycles. The summed E-state index contributed by atoms with van der Waals surface area (Å²) >= 11 is 0. The van der Waals surface area contributed by atoms with Crippen molar-refractivity contribution in [3.8, 4) is 0 Å². The molecule has 1 aromatic heterocycles. The van der Waals surface area contributed by atoms with Crippen LogP contribution < -0.4 is 11.3 Å². The predicted molar refractivity (Wildman–Crippen MR) is 81.2 cm³/mol. The Morgan fingerprint density at radius 3 is 2.85 bits per heavy atom. The fraction of sp³-hybridized carbons (Fsp3) is 0.667. The summed E-state index contributed by atoms with van der Waals surface area (Å²) in [5, 5.41) is 0. The van der Waals surface area contributed by atoms with Crippen LogP contribution in [-0.2, 0) is 6.54 Å². The molecule has 0 aliphatic carbocycles. The van der Waals surface area contributed by atoms with E-state index in [2.05, 4.69) is 26.3 Å². The minimum absolute atomic E-state index is 0.745. The van der Waals surface area contributed by atoms with Gasteiger partial charge in [0, 0.05) is 25.7 Å². The van der Waals surface area contributed by atoms with Crippen LogP contribution in [0.5, 0.6) is 0 Å². The van der Waals surface area contributed by atoms with Crippen LogP contribution in [0.4, 0.5) is 5.82 Å². The number of nitrogens with one attached hydrogen (secondary N) is 1. The van der Waals surface area contributed by atoms with Crippen molar-refractivity contribution >= 4 is 5.82 Å². The number of hydrogen-bond donors (Lipinski definition) is 2. The Kier molecular flexibility index (Phi) is 4.50. The van der Waals surface area contributed by atoms with Crippen LogP contribution in [-0.4, -0.2) is 47.0 Å². The lowest BCUT2D eigenvalue weighted by atomic mass is 10.1. The van der Waals surface area contributed by atoms with E-state index in [4.69, 9.17) is 5.84 Å². The highest BCUT2D eigenvalue weighted by atomic mass is 15.3. The number of nitrogens with zero attached hydrogens (tertiary/aromatic N) is 3. The number of anilines is 1. The van der Waals surface area contributed by atoms with E-state index in [1.165, 1.54) is 51.9 Å². The molecule has 3 heterocycles. The van der Waals surface area contributed by atoms with Gasteiger partial charge in [0.1, 0.15) is 5.82 Å². The lowest BCUT2D eigenvalue weighted by Gasteiger charge is -2.32. The van der Waals surface area contributed by atoms with Gasteiger partial charge in [-0.1, -0.05) is 12.5 Å². The zero-order chi connectivity index (χ0) is 13.8. The molecule has 3 N–H and O–H groups in total. The SMILES string of the molecule is NNc1cccc(CN2CCC(N3CCCCC3)C2)n1. The van der Waals surface area contributed by atoms with Crippen molar-refractivity contribution in [3.05, 3.63) is 23.9 Å². The van der Waals surface area contributed by atoms with Gasteiger partial charge in [-0.15, -0.1) is 0 Å². The molecule has 1 atom stereocenters. The third-order valence-corrected chi connectivity index (χ3v) is 4.49. The van der Waals surface area contributed by atoms with Gasteiger partial charge in [0.25, 0.3) is 0 Å². The zero-order valence-corrected chi connectivity index (χ0v) is 12.1. The molecule has 2 aliphatic rings. The first-order valence-electron chi connectivity index (χ1n) is 7.74. The van der Waals surface area contributed by atoms with Gasteiger partial charge >= 0.3 is 0 Å². The van der Waals surface area contributed by atoms with Gasteiger partial charge in [-0.25, -0.2) is 10.8 Å². The van der Waals surface area contributed by atoms with Crippen molar-refractivity contribution in [2.75, 3.05) is 31.6 Å². The Bertz CT molecular complexity index is 430. The van der Waals surface area contributed by atoms with Crippen molar-refractivity contribution in [3.63, 3.8) is 0 Å². The van der Waals surface area contributed by atoms with Gasteiger partial charge in [0.15, 0.2) is 0 Å². The van der Waals surface area contributed by atoms with E-state index in [9.17, 15) is 0 Å². The van der Waals surface area contributed by atoms with Crippen LogP contribution in [0.1, 0.15) is 31.4 Å². The Morgan fingerprint density at radius 2 is 2.05 bits per heavy atom. The fourth-order valence-electron chi connectivity index (χ4n) is 3.41. The number of hydrogen-bond acceptors (Lipinski definition) is 5. The summed E-state index contributed by atoms with van der Waals surface area (Å²) in [6, 6.07) is 6.74. The number of hydrazine groups is 1. The van der Waals surface area contributed by atoms with E-state index in [0.29, 0.717) is 0 Å². The van der Waals surface area contributed by atoms with Crippen LogP contribution in [0.2, 0.25) is 0 Å². The van der Waals surface area contributed by atoms with Crippen LogP contribution in [0.3, 0.4) is 0 Å². The molecule has 3 rings (SSSR count). The maximum atomic E-state index is 5.41. The maximum Gasteiger partial charge on any atom is 0.140 e. The smallest absolute Gasteiger partial charge is 0.140 e. The first-order chi connectivity index (χ1) is 9.85. The predicted octanol–water partition coefficient (Wildman–Crippen LogP) is 1.43. The summed E-state index contributed by atoms with van der Waals surface area (Å²) in [6.07, 6.45) is 5.47. The van der Waals surface area contributed by atoms with Gasteiger partial charge < -0.3 is 5.43 Å².